The Kier molecular flexibility index (Phi) is 8.22. The molecule has 8 nitrogen and oxygen atoms in total. The highest BCUT2D eigenvalue weighted by Gasteiger charge is 2.17. The number of fused-ring (bicyclic) bond motifs is 2. The third-order valence-electron chi connectivity index (χ3n) is 6.04. The first-order valence-electron chi connectivity index (χ1n) is 11.7. The lowest BCUT2D eigenvalue weighted by molar-refractivity contribution is -0.159. The fraction of sp³-hybridized carbons (Fsp3) is 0.143. The average Bonchev–Trinajstić information content (AvgIpc) is 3.70. The molecule has 0 radical (unpaired) electrons. The van der Waals surface area contributed by atoms with Gasteiger partial charge in [-0.2, -0.15) is 0 Å². The number of halogens is 2. The molecule has 0 fully saturated rings. The molecule has 2 heterocycles. The summed E-state index contributed by atoms with van der Waals surface area (Å²) in [5.41, 5.74) is 9.02. The van der Waals surface area contributed by atoms with Gasteiger partial charge in [0.1, 0.15) is 11.6 Å². The van der Waals surface area contributed by atoms with Crippen molar-refractivity contribution in [2.75, 3.05) is 0 Å². The van der Waals surface area contributed by atoms with E-state index < -0.39 is 11.9 Å². The van der Waals surface area contributed by atoms with Crippen molar-refractivity contribution in [3.8, 4) is 0 Å². The van der Waals surface area contributed by atoms with E-state index in [4.69, 9.17) is 19.8 Å². The summed E-state index contributed by atoms with van der Waals surface area (Å²) in [5, 5.41) is 14.8. The van der Waals surface area contributed by atoms with Crippen molar-refractivity contribution in [3.05, 3.63) is 107 Å². The van der Waals surface area contributed by atoms with Gasteiger partial charge in [0.25, 0.3) is 0 Å². The van der Waals surface area contributed by atoms with Gasteiger partial charge in [-0.25, -0.2) is 28.3 Å². The van der Waals surface area contributed by atoms with E-state index in [0.29, 0.717) is 0 Å². The lowest BCUT2D eigenvalue weighted by Crippen LogP contribution is -2.09. The van der Waals surface area contributed by atoms with Crippen LogP contribution in [0.3, 0.4) is 0 Å². The van der Waals surface area contributed by atoms with Crippen LogP contribution < -0.4 is 0 Å². The summed E-state index contributed by atoms with van der Waals surface area (Å²) >= 11 is 0. The number of allylic oxidation sites excluding steroid dienone is 2. The minimum atomic E-state index is -1.82. The number of imidazole rings is 2. The number of carboxylic acid groups (broad SMARTS) is 2. The minimum Gasteiger partial charge on any atom is -0.473 e. The largest absolute Gasteiger partial charge is 0.473 e. The highest BCUT2D eigenvalue weighted by molar-refractivity contribution is 6.27. The Labute approximate surface area is 216 Å². The quantitative estimate of drug-likeness (QED) is 0.269. The molecule has 38 heavy (non-hydrogen) atoms. The van der Waals surface area contributed by atoms with E-state index in [1.807, 2.05) is 12.1 Å². The molecule has 6 rings (SSSR count). The zero-order chi connectivity index (χ0) is 27.1. The molecule has 4 aromatic rings. The van der Waals surface area contributed by atoms with Crippen molar-refractivity contribution in [1.29, 1.82) is 0 Å². The molecule has 0 saturated carbocycles. The van der Waals surface area contributed by atoms with Crippen LogP contribution in [0, 0.1) is 11.6 Å². The van der Waals surface area contributed by atoms with Gasteiger partial charge in [-0.1, -0.05) is 12.1 Å². The molecular formula is C28H24F2N4O4. The molecule has 4 N–H and O–H groups in total. The van der Waals surface area contributed by atoms with Crippen molar-refractivity contribution in [1.82, 2.24) is 19.9 Å². The molecule has 10 heteroatoms. The molecule has 2 aliphatic carbocycles. The van der Waals surface area contributed by atoms with E-state index in [2.05, 4.69) is 32.1 Å². The van der Waals surface area contributed by atoms with Gasteiger partial charge in [-0.15, -0.1) is 0 Å². The minimum absolute atomic E-state index is 0.151. The second-order valence-electron chi connectivity index (χ2n) is 8.57. The van der Waals surface area contributed by atoms with Crippen molar-refractivity contribution in [3.63, 3.8) is 0 Å². The maximum atomic E-state index is 13.0. The van der Waals surface area contributed by atoms with E-state index in [9.17, 15) is 8.78 Å². The first-order valence-corrected chi connectivity index (χ1v) is 11.7. The summed E-state index contributed by atoms with van der Waals surface area (Å²) in [7, 11) is 0. The predicted molar refractivity (Wildman–Crippen MR) is 138 cm³/mol. The summed E-state index contributed by atoms with van der Waals surface area (Å²) in [4.78, 5) is 32.2. The zero-order valence-corrected chi connectivity index (χ0v) is 20.1. The maximum absolute atomic E-state index is 13.0. The first kappa shape index (κ1) is 26.2. The first-order chi connectivity index (χ1) is 18.3. The lowest BCUT2D eigenvalue weighted by Gasteiger charge is -2.00. The Morgan fingerprint density at radius 2 is 1.13 bits per heavy atom. The number of benzene rings is 2. The number of nitrogens with one attached hydrogen (secondary N) is 2. The van der Waals surface area contributed by atoms with E-state index in [1.165, 1.54) is 23.3 Å². The number of aromatic nitrogens is 4. The summed E-state index contributed by atoms with van der Waals surface area (Å²) in [5.74, 6) is -3.95. The van der Waals surface area contributed by atoms with Crippen molar-refractivity contribution >= 4 is 35.2 Å². The van der Waals surface area contributed by atoms with Gasteiger partial charge in [0, 0.05) is 0 Å². The maximum Gasteiger partial charge on any atom is 0.414 e. The van der Waals surface area contributed by atoms with Gasteiger partial charge in [-0.05, 0) is 95.5 Å². The van der Waals surface area contributed by atoms with Crippen LogP contribution in [-0.4, -0.2) is 42.1 Å². The van der Waals surface area contributed by atoms with Crippen LogP contribution in [0.15, 0.2) is 61.4 Å². The van der Waals surface area contributed by atoms with Crippen molar-refractivity contribution in [2.45, 2.75) is 25.7 Å². The van der Waals surface area contributed by atoms with Crippen molar-refractivity contribution in [2.24, 2.45) is 0 Å². The standard InChI is InChI=1S/2C13H11FN2.C2H2O4/c2*14-11-3-4-13-9(5-11)1-2-10(13)6-12-7-15-8-16-12;3-1(4)2(5)6/h2*3-8H,1-2H2,(H,15,16);(H,3,4)(H,5,6)/b2*10-6-;. The molecule has 194 valence electrons. The van der Waals surface area contributed by atoms with E-state index >= 15 is 0 Å². The molecule has 0 unspecified atom stereocenters. The molecule has 2 aromatic heterocycles. The van der Waals surface area contributed by atoms with Gasteiger partial charge in [-0.3, -0.25) is 0 Å². The van der Waals surface area contributed by atoms with E-state index in [1.54, 1.807) is 37.2 Å². The number of hydrogen-bond acceptors (Lipinski definition) is 4. The fourth-order valence-electron chi connectivity index (χ4n) is 4.34. The van der Waals surface area contributed by atoms with Crippen LogP contribution in [0.5, 0.6) is 0 Å². The molecule has 0 bridgehead atoms. The van der Waals surface area contributed by atoms with Crippen LogP contribution in [0.4, 0.5) is 8.78 Å². The summed E-state index contributed by atoms with van der Waals surface area (Å²) < 4.78 is 26.1. The third-order valence-corrected chi connectivity index (χ3v) is 6.04. The topological polar surface area (TPSA) is 132 Å². The molecule has 0 atom stereocenters. The SMILES string of the molecule is Fc1ccc2c(c1)CC/C2=C/c1cnc[nH]1.Fc1ccc2c(c1)CC/C2=C/c1cnc[nH]1.O=C(O)C(=O)O. The number of aryl methyl sites for hydroxylation is 2. The smallest absolute Gasteiger partial charge is 0.414 e. The summed E-state index contributed by atoms with van der Waals surface area (Å²) in [6.07, 6.45) is 14.8. The molecule has 2 aromatic carbocycles. The van der Waals surface area contributed by atoms with Gasteiger partial charge < -0.3 is 20.2 Å². The fourth-order valence-corrected chi connectivity index (χ4v) is 4.34. The monoisotopic (exact) mass is 518 g/mol. The van der Waals surface area contributed by atoms with Crippen molar-refractivity contribution < 1.29 is 28.6 Å². The van der Waals surface area contributed by atoms with Crippen LogP contribution >= 0.6 is 0 Å². The number of aliphatic carboxylic acids is 2. The molecular weight excluding hydrogens is 494 g/mol. The normalized spacial score (nSPS) is 15.2. The molecule has 0 saturated heterocycles. The Morgan fingerprint density at radius 1 is 0.711 bits per heavy atom. The van der Waals surface area contributed by atoms with Gasteiger partial charge >= 0.3 is 11.9 Å². The zero-order valence-electron chi connectivity index (χ0n) is 20.1. The Morgan fingerprint density at radius 3 is 1.47 bits per heavy atom. The Hall–Kier alpha value is -4.86. The van der Waals surface area contributed by atoms with Gasteiger partial charge in [0.05, 0.1) is 36.4 Å². The summed E-state index contributed by atoms with van der Waals surface area (Å²) in [6.45, 7) is 0. The third kappa shape index (κ3) is 6.67. The number of H-pyrrole nitrogens is 2. The molecule has 0 amide bonds. The Bertz CT molecular complexity index is 1380. The van der Waals surface area contributed by atoms with Crippen LogP contribution in [0.2, 0.25) is 0 Å². The van der Waals surface area contributed by atoms with Gasteiger partial charge in [0.15, 0.2) is 0 Å². The highest BCUT2D eigenvalue weighted by atomic mass is 19.1. The molecule has 2 aliphatic rings. The summed E-state index contributed by atoms with van der Waals surface area (Å²) in [6, 6.07) is 10.0. The number of nitrogens with zero attached hydrogens (tertiary/aromatic N) is 2. The molecule has 0 spiro atoms. The second-order valence-corrected chi connectivity index (χ2v) is 8.57. The number of hydrogen-bond donors (Lipinski definition) is 4. The van der Waals surface area contributed by atoms with E-state index in [0.717, 1.165) is 59.3 Å². The van der Waals surface area contributed by atoms with Gasteiger partial charge in [0.2, 0.25) is 0 Å². The number of carbonyl (C=O) groups is 2. The average molecular weight is 519 g/mol. The second kappa shape index (κ2) is 11.9. The number of aromatic amines is 2. The van der Waals surface area contributed by atoms with E-state index in [-0.39, 0.29) is 11.6 Å². The van der Waals surface area contributed by atoms with Crippen LogP contribution in [0.25, 0.3) is 23.3 Å². The number of carboxylic acids is 2. The van der Waals surface area contributed by atoms with Crippen LogP contribution in [0.1, 0.15) is 46.5 Å². The van der Waals surface area contributed by atoms with Crippen LogP contribution in [-0.2, 0) is 22.4 Å². The Balaban J connectivity index is 0.000000147. The highest BCUT2D eigenvalue weighted by Crippen LogP contribution is 2.34. The molecule has 0 aliphatic heterocycles. The number of rotatable bonds is 2. The predicted octanol–water partition coefficient (Wildman–Crippen LogP) is 5.23. The lowest BCUT2D eigenvalue weighted by atomic mass is 10.1.